The van der Waals surface area contributed by atoms with Gasteiger partial charge in [0, 0.05) is 24.7 Å². The zero-order valence-electron chi connectivity index (χ0n) is 11.6. The number of hydrogen-bond donors (Lipinski definition) is 0. The maximum absolute atomic E-state index is 11.6. The molecule has 0 bridgehead atoms. The Balaban J connectivity index is 2.55. The van der Waals surface area contributed by atoms with E-state index in [1.54, 1.807) is 6.92 Å². The second kappa shape index (κ2) is 3.92. The minimum Gasteiger partial charge on any atom is -0.328 e. The number of ketones is 1. The summed E-state index contributed by atoms with van der Waals surface area (Å²) in [6, 6.07) is 8.27. The third-order valence-corrected chi connectivity index (χ3v) is 3.66. The van der Waals surface area contributed by atoms with E-state index in [1.807, 2.05) is 20.0 Å². The van der Waals surface area contributed by atoms with Gasteiger partial charge in [-0.25, -0.2) is 4.98 Å². The van der Waals surface area contributed by atoms with Gasteiger partial charge < -0.3 is 4.57 Å². The minimum atomic E-state index is 0.00596. The van der Waals surface area contributed by atoms with Crippen LogP contribution in [0.2, 0.25) is 0 Å². The SMILES string of the molecule is CC(=O)c1cc(C)c2c3cc(C)ccc3n(C)c2n1. The highest BCUT2D eigenvalue weighted by molar-refractivity contribution is 6.09. The molecule has 0 spiro atoms. The van der Waals surface area contributed by atoms with Crippen molar-refractivity contribution < 1.29 is 4.79 Å². The first-order valence-electron chi connectivity index (χ1n) is 6.36. The molecule has 0 unspecified atom stereocenters. The summed E-state index contributed by atoms with van der Waals surface area (Å²) in [6.07, 6.45) is 0. The van der Waals surface area contributed by atoms with Crippen molar-refractivity contribution in [2.75, 3.05) is 0 Å². The van der Waals surface area contributed by atoms with Gasteiger partial charge in [0.25, 0.3) is 0 Å². The van der Waals surface area contributed by atoms with Gasteiger partial charge in [-0.2, -0.15) is 0 Å². The van der Waals surface area contributed by atoms with Gasteiger partial charge in [-0.3, -0.25) is 4.79 Å². The van der Waals surface area contributed by atoms with E-state index >= 15 is 0 Å². The molecular weight excluding hydrogens is 236 g/mol. The highest BCUT2D eigenvalue weighted by Gasteiger charge is 2.14. The monoisotopic (exact) mass is 252 g/mol. The van der Waals surface area contributed by atoms with E-state index in [4.69, 9.17) is 0 Å². The first-order valence-corrected chi connectivity index (χ1v) is 6.36. The molecule has 1 aromatic carbocycles. The number of aromatic nitrogens is 2. The summed E-state index contributed by atoms with van der Waals surface area (Å²) in [5.74, 6) is 0.00596. The average molecular weight is 252 g/mol. The molecule has 0 saturated carbocycles. The molecule has 0 atom stereocenters. The Labute approximate surface area is 111 Å². The summed E-state index contributed by atoms with van der Waals surface area (Å²) in [7, 11) is 2.00. The van der Waals surface area contributed by atoms with E-state index < -0.39 is 0 Å². The Kier molecular flexibility index (Phi) is 2.45. The van der Waals surface area contributed by atoms with Gasteiger partial charge >= 0.3 is 0 Å². The molecule has 0 fully saturated rings. The summed E-state index contributed by atoms with van der Waals surface area (Å²) in [5.41, 5.74) is 4.90. The van der Waals surface area contributed by atoms with Gasteiger partial charge in [-0.05, 0) is 37.6 Å². The van der Waals surface area contributed by atoms with Crippen molar-refractivity contribution in [1.82, 2.24) is 9.55 Å². The van der Waals surface area contributed by atoms with Crippen molar-refractivity contribution in [2.24, 2.45) is 7.05 Å². The molecule has 3 rings (SSSR count). The number of carbonyl (C=O) groups excluding carboxylic acids is 1. The molecule has 0 aliphatic heterocycles. The average Bonchev–Trinajstić information content (AvgIpc) is 2.63. The van der Waals surface area contributed by atoms with Crippen LogP contribution in [0.5, 0.6) is 0 Å². The number of hydrogen-bond acceptors (Lipinski definition) is 2. The van der Waals surface area contributed by atoms with E-state index in [0.29, 0.717) is 5.69 Å². The van der Waals surface area contributed by atoms with Crippen LogP contribution in [-0.2, 0) is 7.05 Å². The molecule has 0 saturated heterocycles. The predicted molar refractivity (Wildman–Crippen MR) is 77.7 cm³/mol. The van der Waals surface area contributed by atoms with E-state index in [9.17, 15) is 4.79 Å². The summed E-state index contributed by atoms with van der Waals surface area (Å²) in [6.45, 7) is 5.68. The number of Topliss-reactive ketones (excluding diaryl/α,β-unsaturated/α-hetero) is 1. The quantitative estimate of drug-likeness (QED) is 0.621. The molecule has 0 radical (unpaired) electrons. The van der Waals surface area contributed by atoms with Crippen LogP contribution in [0.25, 0.3) is 21.9 Å². The summed E-state index contributed by atoms with van der Waals surface area (Å²) < 4.78 is 2.06. The van der Waals surface area contributed by atoms with Crippen LogP contribution < -0.4 is 0 Å². The third-order valence-electron chi connectivity index (χ3n) is 3.66. The number of carbonyl (C=O) groups is 1. The standard InChI is InChI=1S/C16H16N2O/c1-9-5-6-14-12(7-9)15-10(2)8-13(11(3)19)17-16(15)18(14)4/h5-8H,1-4H3. The highest BCUT2D eigenvalue weighted by Crippen LogP contribution is 2.30. The zero-order chi connectivity index (χ0) is 13.7. The lowest BCUT2D eigenvalue weighted by molar-refractivity contribution is 0.101. The van der Waals surface area contributed by atoms with Crippen molar-refractivity contribution in [1.29, 1.82) is 0 Å². The van der Waals surface area contributed by atoms with Crippen LogP contribution in [0, 0.1) is 13.8 Å². The molecule has 19 heavy (non-hydrogen) atoms. The number of benzene rings is 1. The minimum absolute atomic E-state index is 0.00596. The topological polar surface area (TPSA) is 34.9 Å². The Hall–Kier alpha value is -2.16. The highest BCUT2D eigenvalue weighted by atomic mass is 16.1. The molecule has 3 aromatic rings. The van der Waals surface area contributed by atoms with E-state index in [1.165, 1.54) is 10.9 Å². The first kappa shape index (κ1) is 11.9. The Morgan fingerprint density at radius 1 is 1.21 bits per heavy atom. The van der Waals surface area contributed by atoms with Crippen LogP contribution >= 0.6 is 0 Å². The van der Waals surface area contributed by atoms with Crippen molar-refractivity contribution in [3.05, 3.63) is 41.1 Å². The molecule has 2 heterocycles. The van der Waals surface area contributed by atoms with Crippen molar-refractivity contribution >= 4 is 27.7 Å². The number of fused-ring (bicyclic) bond motifs is 3. The summed E-state index contributed by atoms with van der Waals surface area (Å²) in [4.78, 5) is 16.1. The van der Waals surface area contributed by atoms with Gasteiger partial charge in [0.1, 0.15) is 11.3 Å². The fourth-order valence-corrected chi connectivity index (χ4v) is 2.67. The van der Waals surface area contributed by atoms with E-state index in [0.717, 1.165) is 22.1 Å². The Morgan fingerprint density at radius 2 is 1.95 bits per heavy atom. The van der Waals surface area contributed by atoms with Gasteiger partial charge in [0.15, 0.2) is 5.78 Å². The van der Waals surface area contributed by atoms with Crippen molar-refractivity contribution in [3.8, 4) is 0 Å². The van der Waals surface area contributed by atoms with Crippen LogP contribution in [0.15, 0.2) is 24.3 Å². The Morgan fingerprint density at radius 3 is 2.63 bits per heavy atom. The number of nitrogens with zero attached hydrogens (tertiary/aromatic N) is 2. The molecule has 96 valence electrons. The third kappa shape index (κ3) is 1.65. The second-order valence-corrected chi connectivity index (χ2v) is 5.16. The van der Waals surface area contributed by atoms with Crippen LogP contribution in [0.3, 0.4) is 0 Å². The molecule has 0 aliphatic carbocycles. The maximum Gasteiger partial charge on any atom is 0.178 e. The molecule has 2 aromatic heterocycles. The lowest BCUT2D eigenvalue weighted by Crippen LogP contribution is -2.00. The molecule has 3 nitrogen and oxygen atoms in total. The normalized spacial score (nSPS) is 11.4. The zero-order valence-corrected chi connectivity index (χ0v) is 11.6. The lowest BCUT2D eigenvalue weighted by Gasteiger charge is -2.02. The summed E-state index contributed by atoms with van der Waals surface area (Å²) in [5, 5.41) is 2.35. The lowest BCUT2D eigenvalue weighted by atomic mass is 10.1. The molecular formula is C16H16N2O. The van der Waals surface area contributed by atoms with Crippen LogP contribution in [0.4, 0.5) is 0 Å². The van der Waals surface area contributed by atoms with E-state index in [-0.39, 0.29) is 5.78 Å². The summed E-state index contributed by atoms with van der Waals surface area (Å²) >= 11 is 0. The maximum atomic E-state index is 11.6. The molecule has 3 heteroatoms. The number of rotatable bonds is 1. The van der Waals surface area contributed by atoms with Crippen molar-refractivity contribution in [2.45, 2.75) is 20.8 Å². The van der Waals surface area contributed by atoms with Crippen molar-refractivity contribution in [3.63, 3.8) is 0 Å². The first-order chi connectivity index (χ1) is 8.99. The van der Waals surface area contributed by atoms with Gasteiger partial charge in [0.2, 0.25) is 0 Å². The predicted octanol–water partition coefficient (Wildman–Crippen LogP) is 3.55. The smallest absolute Gasteiger partial charge is 0.178 e. The fourth-order valence-electron chi connectivity index (χ4n) is 2.67. The van der Waals surface area contributed by atoms with Gasteiger partial charge in [-0.15, -0.1) is 0 Å². The number of aryl methyl sites for hydroxylation is 3. The molecule has 0 aliphatic rings. The fraction of sp³-hybridized carbons (Fsp3) is 0.250. The van der Waals surface area contributed by atoms with Gasteiger partial charge in [-0.1, -0.05) is 11.6 Å². The number of pyridine rings is 1. The van der Waals surface area contributed by atoms with Crippen LogP contribution in [0.1, 0.15) is 28.5 Å². The van der Waals surface area contributed by atoms with Crippen LogP contribution in [-0.4, -0.2) is 15.3 Å². The molecule has 0 N–H and O–H groups in total. The van der Waals surface area contributed by atoms with E-state index in [2.05, 4.69) is 34.7 Å². The molecule has 0 amide bonds. The Bertz CT molecular complexity index is 828. The second-order valence-electron chi connectivity index (χ2n) is 5.16. The van der Waals surface area contributed by atoms with Gasteiger partial charge in [0.05, 0.1) is 5.52 Å². The largest absolute Gasteiger partial charge is 0.328 e.